The number of amides is 1. The van der Waals surface area contributed by atoms with E-state index in [0.29, 0.717) is 5.69 Å². The standard InChI is InChI=1S/C14H12N2O4/c17-12-7-6-10(8-16(12)9-13(18)19)14(20)15-11-4-2-1-3-5-11/h1-8H,9H2,(H,15,20)(H,18,19). The molecule has 2 N–H and O–H groups in total. The van der Waals surface area contributed by atoms with Crippen molar-refractivity contribution >= 4 is 17.6 Å². The molecule has 0 unspecified atom stereocenters. The van der Waals surface area contributed by atoms with Crippen molar-refractivity contribution in [1.82, 2.24) is 4.57 Å². The summed E-state index contributed by atoms with van der Waals surface area (Å²) in [5.41, 5.74) is 0.367. The smallest absolute Gasteiger partial charge is 0.323 e. The summed E-state index contributed by atoms with van der Waals surface area (Å²) >= 11 is 0. The molecule has 0 atom stereocenters. The first-order chi connectivity index (χ1) is 9.56. The van der Waals surface area contributed by atoms with Crippen LogP contribution in [0.1, 0.15) is 10.4 Å². The van der Waals surface area contributed by atoms with Crippen molar-refractivity contribution in [2.75, 3.05) is 5.32 Å². The molecule has 1 heterocycles. The van der Waals surface area contributed by atoms with E-state index in [0.717, 1.165) is 4.57 Å². The monoisotopic (exact) mass is 272 g/mol. The number of benzene rings is 1. The Balaban J connectivity index is 2.22. The molecule has 1 amide bonds. The Morgan fingerprint density at radius 2 is 1.80 bits per heavy atom. The van der Waals surface area contributed by atoms with Gasteiger partial charge in [0.15, 0.2) is 0 Å². The molecular weight excluding hydrogens is 260 g/mol. The number of carboxylic acid groups (broad SMARTS) is 1. The van der Waals surface area contributed by atoms with E-state index in [1.807, 2.05) is 6.07 Å². The van der Waals surface area contributed by atoms with E-state index in [2.05, 4.69) is 5.32 Å². The van der Waals surface area contributed by atoms with Crippen LogP contribution in [0.15, 0.2) is 53.5 Å². The Labute approximate surface area is 114 Å². The molecule has 0 radical (unpaired) electrons. The summed E-state index contributed by atoms with van der Waals surface area (Å²) in [6, 6.07) is 11.4. The third-order valence-corrected chi connectivity index (χ3v) is 2.58. The van der Waals surface area contributed by atoms with Crippen LogP contribution < -0.4 is 10.9 Å². The first-order valence-electron chi connectivity index (χ1n) is 5.85. The van der Waals surface area contributed by atoms with Gasteiger partial charge in [-0.15, -0.1) is 0 Å². The molecular formula is C14H12N2O4. The van der Waals surface area contributed by atoms with Crippen molar-refractivity contribution < 1.29 is 14.7 Å². The Bertz CT molecular complexity index is 692. The van der Waals surface area contributed by atoms with E-state index in [1.54, 1.807) is 24.3 Å². The third kappa shape index (κ3) is 3.32. The molecule has 0 aliphatic heterocycles. The zero-order valence-electron chi connectivity index (χ0n) is 10.4. The van der Waals surface area contributed by atoms with E-state index in [1.165, 1.54) is 18.3 Å². The van der Waals surface area contributed by atoms with E-state index in [-0.39, 0.29) is 5.56 Å². The van der Waals surface area contributed by atoms with E-state index in [9.17, 15) is 14.4 Å². The lowest BCUT2D eigenvalue weighted by Crippen LogP contribution is -2.25. The maximum Gasteiger partial charge on any atom is 0.323 e. The molecule has 102 valence electrons. The molecule has 20 heavy (non-hydrogen) atoms. The van der Waals surface area contributed by atoms with Crippen molar-refractivity contribution in [2.45, 2.75) is 6.54 Å². The topological polar surface area (TPSA) is 88.4 Å². The second-order valence-corrected chi connectivity index (χ2v) is 4.10. The van der Waals surface area contributed by atoms with Crippen LogP contribution in [0.5, 0.6) is 0 Å². The molecule has 0 spiro atoms. The van der Waals surface area contributed by atoms with E-state index >= 15 is 0 Å². The van der Waals surface area contributed by atoms with Gasteiger partial charge in [-0.3, -0.25) is 14.4 Å². The van der Waals surface area contributed by atoms with E-state index in [4.69, 9.17) is 5.11 Å². The number of aromatic nitrogens is 1. The number of nitrogens with one attached hydrogen (secondary N) is 1. The van der Waals surface area contributed by atoms with Gasteiger partial charge < -0.3 is 15.0 Å². The summed E-state index contributed by atoms with van der Waals surface area (Å²) in [5.74, 6) is -1.55. The van der Waals surface area contributed by atoms with Crippen LogP contribution >= 0.6 is 0 Å². The first-order valence-corrected chi connectivity index (χ1v) is 5.85. The van der Waals surface area contributed by atoms with Crippen molar-refractivity contribution in [1.29, 1.82) is 0 Å². The minimum Gasteiger partial charge on any atom is -0.480 e. The highest BCUT2D eigenvalue weighted by molar-refractivity contribution is 6.04. The summed E-state index contributed by atoms with van der Waals surface area (Å²) in [7, 11) is 0. The Morgan fingerprint density at radius 3 is 2.45 bits per heavy atom. The quantitative estimate of drug-likeness (QED) is 0.874. The van der Waals surface area contributed by atoms with Gasteiger partial charge in [-0.25, -0.2) is 0 Å². The molecule has 0 saturated carbocycles. The number of nitrogens with zero attached hydrogens (tertiary/aromatic N) is 1. The lowest BCUT2D eigenvalue weighted by Gasteiger charge is -2.07. The fourth-order valence-corrected chi connectivity index (χ4v) is 1.66. The van der Waals surface area contributed by atoms with Crippen LogP contribution in [0.2, 0.25) is 0 Å². The van der Waals surface area contributed by atoms with Crippen LogP contribution in [0, 0.1) is 0 Å². The summed E-state index contributed by atoms with van der Waals surface area (Å²) in [6.45, 7) is -0.481. The van der Waals surface area contributed by atoms with Crippen molar-refractivity contribution in [3.05, 3.63) is 64.6 Å². The summed E-state index contributed by atoms with van der Waals surface area (Å²) in [6.07, 6.45) is 1.23. The summed E-state index contributed by atoms with van der Waals surface area (Å²) < 4.78 is 0.974. The number of hydrogen-bond donors (Lipinski definition) is 2. The highest BCUT2D eigenvalue weighted by Gasteiger charge is 2.09. The molecule has 0 fully saturated rings. The molecule has 0 aliphatic carbocycles. The predicted octanol–water partition coefficient (Wildman–Crippen LogP) is 1.19. The largest absolute Gasteiger partial charge is 0.480 e. The van der Waals surface area contributed by atoms with Crippen LogP contribution in [-0.4, -0.2) is 21.6 Å². The highest BCUT2D eigenvalue weighted by atomic mass is 16.4. The minimum absolute atomic E-state index is 0.217. The van der Waals surface area contributed by atoms with Gasteiger partial charge in [0, 0.05) is 18.0 Å². The third-order valence-electron chi connectivity index (χ3n) is 2.58. The number of para-hydroxylation sites is 1. The number of hydrogen-bond acceptors (Lipinski definition) is 3. The van der Waals surface area contributed by atoms with Gasteiger partial charge in [-0.2, -0.15) is 0 Å². The fraction of sp³-hybridized carbons (Fsp3) is 0.0714. The molecule has 0 saturated heterocycles. The fourth-order valence-electron chi connectivity index (χ4n) is 1.66. The molecule has 2 rings (SSSR count). The van der Waals surface area contributed by atoms with Gasteiger partial charge in [-0.05, 0) is 18.2 Å². The average Bonchev–Trinajstić information content (AvgIpc) is 2.42. The molecule has 1 aromatic carbocycles. The van der Waals surface area contributed by atoms with Gasteiger partial charge in [0.25, 0.3) is 11.5 Å². The zero-order valence-corrected chi connectivity index (χ0v) is 10.4. The molecule has 0 aliphatic rings. The predicted molar refractivity (Wildman–Crippen MR) is 72.7 cm³/mol. The second kappa shape index (κ2) is 5.83. The molecule has 1 aromatic heterocycles. The van der Waals surface area contributed by atoms with Gasteiger partial charge in [0.2, 0.25) is 0 Å². The lowest BCUT2D eigenvalue weighted by molar-refractivity contribution is -0.137. The van der Waals surface area contributed by atoms with Crippen molar-refractivity contribution in [3.63, 3.8) is 0 Å². The summed E-state index contributed by atoms with van der Waals surface area (Å²) in [4.78, 5) is 34.1. The molecule has 2 aromatic rings. The number of pyridine rings is 1. The van der Waals surface area contributed by atoms with Crippen molar-refractivity contribution in [2.24, 2.45) is 0 Å². The number of carboxylic acids is 1. The van der Waals surface area contributed by atoms with E-state index < -0.39 is 24.0 Å². The van der Waals surface area contributed by atoms with Crippen LogP contribution in [0.25, 0.3) is 0 Å². The maximum atomic E-state index is 12.0. The van der Waals surface area contributed by atoms with Gasteiger partial charge in [0.05, 0.1) is 5.56 Å². The van der Waals surface area contributed by atoms with Crippen LogP contribution in [0.4, 0.5) is 5.69 Å². The van der Waals surface area contributed by atoms with Gasteiger partial charge in [0.1, 0.15) is 6.54 Å². The Hall–Kier alpha value is -2.89. The number of rotatable bonds is 4. The lowest BCUT2D eigenvalue weighted by atomic mass is 10.2. The van der Waals surface area contributed by atoms with Crippen LogP contribution in [-0.2, 0) is 11.3 Å². The minimum atomic E-state index is -1.15. The first kappa shape index (κ1) is 13.5. The van der Waals surface area contributed by atoms with Crippen LogP contribution in [0.3, 0.4) is 0 Å². The number of carbonyl (C=O) groups is 2. The number of carbonyl (C=O) groups excluding carboxylic acids is 1. The molecule has 6 nitrogen and oxygen atoms in total. The number of aliphatic carboxylic acids is 1. The second-order valence-electron chi connectivity index (χ2n) is 4.10. The van der Waals surface area contributed by atoms with Crippen molar-refractivity contribution in [3.8, 4) is 0 Å². The zero-order chi connectivity index (χ0) is 14.5. The summed E-state index contributed by atoms with van der Waals surface area (Å²) in [5, 5.41) is 11.4. The van der Waals surface area contributed by atoms with Gasteiger partial charge >= 0.3 is 5.97 Å². The molecule has 0 bridgehead atoms. The molecule has 6 heteroatoms. The highest BCUT2D eigenvalue weighted by Crippen LogP contribution is 2.07. The normalized spacial score (nSPS) is 10.0. The Kier molecular flexibility index (Phi) is 3.95. The average molecular weight is 272 g/mol. The number of anilines is 1. The maximum absolute atomic E-state index is 12.0. The van der Waals surface area contributed by atoms with Gasteiger partial charge in [-0.1, -0.05) is 18.2 Å². The Morgan fingerprint density at radius 1 is 1.10 bits per heavy atom. The SMILES string of the molecule is O=C(O)Cn1cc(C(=O)Nc2ccccc2)ccc1=O.